The summed E-state index contributed by atoms with van der Waals surface area (Å²) in [6.07, 6.45) is 0. The molecule has 10 aromatic carbocycles. The maximum atomic E-state index is 2.40. The van der Waals surface area contributed by atoms with Crippen LogP contribution in [0, 0.1) is 0 Å². The normalized spacial score (nSPS) is 11.7. The van der Waals surface area contributed by atoms with E-state index in [1.165, 1.54) is 81.7 Å². The molecule has 0 aliphatic carbocycles. The number of aromatic nitrogens is 1. The highest BCUT2D eigenvalue weighted by atomic mass is 15.1. The lowest BCUT2D eigenvalue weighted by Crippen LogP contribution is -2.10. The largest absolute Gasteiger partial charge is 0.310 e. The van der Waals surface area contributed by atoms with Gasteiger partial charge in [0.05, 0.1) is 11.0 Å². The Labute approximate surface area is 313 Å². The minimum absolute atomic E-state index is 1.11. The van der Waals surface area contributed by atoms with E-state index in [0.29, 0.717) is 0 Å². The van der Waals surface area contributed by atoms with E-state index >= 15 is 0 Å². The lowest BCUT2D eigenvalue weighted by molar-refractivity contribution is 1.18. The SMILES string of the molecule is c1ccc(-n2c3ccccc3c3cc(-c4ccc(N(c5ccc6ccccc6c5)c5ccc6c7ccccc7c7ccccc7c6c5)cc4)ccc32)cc1. The third-order valence-corrected chi connectivity index (χ3v) is 11.1. The zero-order valence-corrected chi connectivity index (χ0v) is 29.5. The smallest absolute Gasteiger partial charge is 0.0541 e. The highest BCUT2D eigenvalue weighted by Gasteiger charge is 2.17. The molecule has 0 saturated heterocycles. The zero-order valence-electron chi connectivity index (χ0n) is 29.5. The number of hydrogen-bond donors (Lipinski definition) is 0. The molecule has 11 rings (SSSR count). The Morgan fingerprint density at radius 3 is 1.54 bits per heavy atom. The van der Waals surface area contributed by atoms with Crippen LogP contribution >= 0.6 is 0 Å². The summed E-state index contributed by atoms with van der Waals surface area (Å²) in [5.41, 5.74) is 9.35. The van der Waals surface area contributed by atoms with E-state index in [9.17, 15) is 0 Å². The van der Waals surface area contributed by atoms with Crippen LogP contribution in [0.4, 0.5) is 17.1 Å². The molecule has 2 nitrogen and oxygen atoms in total. The van der Waals surface area contributed by atoms with E-state index in [1.807, 2.05) is 0 Å². The van der Waals surface area contributed by atoms with Crippen molar-refractivity contribution in [3.8, 4) is 16.8 Å². The second-order valence-corrected chi connectivity index (χ2v) is 14.2. The van der Waals surface area contributed by atoms with Gasteiger partial charge in [0, 0.05) is 33.5 Å². The second kappa shape index (κ2) is 12.2. The van der Waals surface area contributed by atoms with Crippen molar-refractivity contribution < 1.29 is 0 Å². The van der Waals surface area contributed by atoms with E-state index in [2.05, 4.69) is 216 Å². The molecule has 1 heterocycles. The van der Waals surface area contributed by atoms with Crippen molar-refractivity contribution in [1.82, 2.24) is 4.57 Å². The highest BCUT2D eigenvalue weighted by molar-refractivity contribution is 6.25. The first-order valence-electron chi connectivity index (χ1n) is 18.6. The Bertz CT molecular complexity index is 3170. The van der Waals surface area contributed by atoms with Gasteiger partial charge in [-0.2, -0.15) is 0 Å². The van der Waals surface area contributed by atoms with Gasteiger partial charge in [-0.05, 0) is 121 Å². The number of nitrogens with zero attached hydrogens (tertiary/aromatic N) is 2. The molecule has 2 heteroatoms. The summed E-state index contributed by atoms with van der Waals surface area (Å²) < 4.78 is 2.37. The van der Waals surface area contributed by atoms with Crippen LogP contribution in [0.5, 0.6) is 0 Å². The molecule has 0 atom stereocenters. The van der Waals surface area contributed by atoms with E-state index in [-0.39, 0.29) is 0 Å². The molecule has 252 valence electrons. The summed E-state index contributed by atoms with van der Waals surface area (Å²) in [6, 6.07) is 75.3. The molecule has 0 saturated carbocycles. The van der Waals surface area contributed by atoms with Crippen molar-refractivity contribution in [1.29, 1.82) is 0 Å². The molecule has 1 aromatic heterocycles. The van der Waals surface area contributed by atoms with Crippen molar-refractivity contribution >= 4 is 82.0 Å². The van der Waals surface area contributed by atoms with Crippen LogP contribution in [0.1, 0.15) is 0 Å². The Kier molecular flexibility index (Phi) is 6.90. The third-order valence-electron chi connectivity index (χ3n) is 11.1. The molecule has 0 bridgehead atoms. The lowest BCUT2D eigenvalue weighted by atomic mass is 9.94. The Morgan fingerprint density at radius 1 is 0.278 bits per heavy atom. The van der Waals surface area contributed by atoms with Crippen molar-refractivity contribution in [2.24, 2.45) is 0 Å². The van der Waals surface area contributed by atoms with Crippen LogP contribution in [-0.4, -0.2) is 4.57 Å². The van der Waals surface area contributed by atoms with Crippen LogP contribution in [0.3, 0.4) is 0 Å². The van der Waals surface area contributed by atoms with Gasteiger partial charge in [-0.3, -0.25) is 0 Å². The van der Waals surface area contributed by atoms with Gasteiger partial charge in [-0.1, -0.05) is 140 Å². The van der Waals surface area contributed by atoms with Gasteiger partial charge in [-0.15, -0.1) is 0 Å². The number of fused-ring (bicyclic) bond motifs is 10. The molecule has 0 amide bonds. The van der Waals surface area contributed by atoms with Gasteiger partial charge < -0.3 is 9.47 Å². The monoisotopic (exact) mass is 686 g/mol. The van der Waals surface area contributed by atoms with Crippen LogP contribution < -0.4 is 4.90 Å². The second-order valence-electron chi connectivity index (χ2n) is 14.2. The topological polar surface area (TPSA) is 8.17 Å². The van der Waals surface area contributed by atoms with Gasteiger partial charge >= 0.3 is 0 Å². The number of benzene rings is 10. The Balaban J connectivity index is 1.07. The molecule has 0 spiro atoms. The van der Waals surface area contributed by atoms with E-state index in [0.717, 1.165) is 17.1 Å². The molecular formula is C52H34N2. The molecule has 0 N–H and O–H groups in total. The fraction of sp³-hybridized carbons (Fsp3) is 0. The van der Waals surface area contributed by atoms with Crippen LogP contribution in [0.2, 0.25) is 0 Å². The van der Waals surface area contributed by atoms with E-state index in [1.54, 1.807) is 0 Å². The molecule has 0 radical (unpaired) electrons. The van der Waals surface area contributed by atoms with Crippen molar-refractivity contribution in [3.63, 3.8) is 0 Å². The van der Waals surface area contributed by atoms with Crippen molar-refractivity contribution in [2.75, 3.05) is 4.90 Å². The van der Waals surface area contributed by atoms with Crippen LogP contribution in [0.25, 0.3) is 81.7 Å². The molecule has 0 unspecified atom stereocenters. The lowest BCUT2D eigenvalue weighted by Gasteiger charge is -2.27. The summed E-state index contributed by atoms with van der Waals surface area (Å²) in [5.74, 6) is 0. The highest BCUT2D eigenvalue weighted by Crippen LogP contribution is 2.42. The summed E-state index contributed by atoms with van der Waals surface area (Å²) >= 11 is 0. The summed E-state index contributed by atoms with van der Waals surface area (Å²) in [7, 11) is 0. The maximum Gasteiger partial charge on any atom is 0.0541 e. The fourth-order valence-corrected chi connectivity index (χ4v) is 8.61. The van der Waals surface area contributed by atoms with Gasteiger partial charge in [-0.25, -0.2) is 0 Å². The van der Waals surface area contributed by atoms with Gasteiger partial charge in [0.15, 0.2) is 0 Å². The average molecular weight is 687 g/mol. The predicted molar refractivity (Wildman–Crippen MR) is 231 cm³/mol. The molecule has 0 fully saturated rings. The first-order chi connectivity index (χ1) is 26.8. The quantitative estimate of drug-likeness (QED) is 0.164. The average Bonchev–Trinajstić information content (AvgIpc) is 3.58. The van der Waals surface area contributed by atoms with E-state index in [4.69, 9.17) is 0 Å². The standard InChI is InChI=1S/C52H34N2/c1-2-14-39(15-3-1)54-51-21-11-10-20-48(51)50-33-38(25-31-52(50)54)36-22-26-40(27-23-36)53(41-28-24-35-12-4-5-13-37(35)32-41)42-29-30-47-45-18-7-6-16-43(45)44-17-8-9-19-46(44)49(47)34-42/h1-34H. The molecule has 0 aliphatic heterocycles. The van der Waals surface area contributed by atoms with Crippen LogP contribution in [-0.2, 0) is 0 Å². The predicted octanol–water partition coefficient (Wildman–Crippen LogP) is 14.5. The van der Waals surface area contributed by atoms with Crippen molar-refractivity contribution in [3.05, 3.63) is 206 Å². The van der Waals surface area contributed by atoms with Gasteiger partial charge in [0.2, 0.25) is 0 Å². The summed E-state index contributed by atoms with van der Waals surface area (Å²) in [5, 5.41) is 12.6. The first-order valence-corrected chi connectivity index (χ1v) is 18.6. The van der Waals surface area contributed by atoms with Crippen LogP contribution in [0.15, 0.2) is 206 Å². The maximum absolute atomic E-state index is 2.40. The summed E-state index contributed by atoms with van der Waals surface area (Å²) in [6.45, 7) is 0. The van der Waals surface area contributed by atoms with Gasteiger partial charge in [0.1, 0.15) is 0 Å². The Morgan fingerprint density at radius 2 is 0.796 bits per heavy atom. The first kappa shape index (κ1) is 30.5. The van der Waals surface area contributed by atoms with Crippen molar-refractivity contribution in [2.45, 2.75) is 0 Å². The minimum Gasteiger partial charge on any atom is -0.310 e. The molecule has 54 heavy (non-hydrogen) atoms. The Hall–Kier alpha value is -7.16. The molecule has 11 aromatic rings. The number of rotatable bonds is 5. The summed E-state index contributed by atoms with van der Waals surface area (Å²) in [4.78, 5) is 2.40. The minimum atomic E-state index is 1.11. The number of hydrogen-bond acceptors (Lipinski definition) is 1. The molecular weight excluding hydrogens is 653 g/mol. The zero-order chi connectivity index (χ0) is 35.6. The number of anilines is 3. The van der Waals surface area contributed by atoms with Gasteiger partial charge in [0.25, 0.3) is 0 Å². The third kappa shape index (κ3) is 4.81. The number of para-hydroxylation sites is 2. The fourth-order valence-electron chi connectivity index (χ4n) is 8.61. The molecule has 0 aliphatic rings. The van der Waals surface area contributed by atoms with E-state index < -0.39 is 0 Å².